The Morgan fingerprint density at radius 1 is 1.62 bits per heavy atom. The zero-order valence-electron chi connectivity index (χ0n) is 9.36. The summed E-state index contributed by atoms with van der Waals surface area (Å²) in [5, 5.41) is 11.2. The number of amides is 1. The molecular weight excluding hydrogens is 204 g/mol. The van der Waals surface area contributed by atoms with E-state index < -0.39 is 6.23 Å². The van der Waals surface area contributed by atoms with E-state index in [0.29, 0.717) is 12.2 Å². The number of nitrogens with one attached hydrogen (secondary N) is 1. The summed E-state index contributed by atoms with van der Waals surface area (Å²) in [7, 11) is 0. The molecule has 0 saturated carbocycles. The van der Waals surface area contributed by atoms with Crippen LogP contribution in [0.5, 0.6) is 0 Å². The molecule has 0 spiro atoms. The van der Waals surface area contributed by atoms with E-state index in [1.807, 2.05) is 19.1 Å². The highest BCUT2D eigenvalue weighted by Crippen LogP contribution is 2.04. The number of hydrogen-bond donors (Lipinski definition) is 1. The molecule has 0 aromatic heterocycles. The lowest BCUT2D eigenvalue weighted by molar-refractivity contribution is 0.0615. The Morgan fingerprint density at radius 2 is 2.38 bits per heavy atom. The summed E-state index contributed by atoms with van der Waals surface area (Å²) in [5.41, 5.74) is 1.53. The van der Waals surface area contributed by atoms with Crippen molar-refractivity contribution in [1.82, 2.24) is 5.32 Å². The third-order valence-corrected chi connectivity index (χ3v) is 1.99. The lowest BCUT2D eigenvalue weighted by atomic mass is 10.1. The van der Waals surface area contributed by atoms with Crippen molar-refractivity contribution in [3.63, 3.8) is 0 Å². The molecule has 0 heterocycles. The van der Waals surface area contributed by atoms with Crippen LogP contribution in [-0.4, -0.2) is 18.7 Å². The minimum absolute atomic E-state index is 0.302. The number of rotatable bonds is 4. The van der Waals surface area contributed by atoms with E-state index in [9.17, 15) is 4.79 Å². The molecule has 0 aliphatic carbocycles. The van der Waals surface area contributed by atoms with Gasteiger partial charge in [-0.3, -0.25) is 4.79 Å². The second-order valence-electron chi connectivity index (χ2n) is 3.31. The zero-order valence-corrected chi connectivity index (χ0v) is 9.36. The highest BCUT2D eigenvalue weighted by Gasteiger charge is 2.12. The van der Waals surface area contributed by atoms with Gasteiger partial charge in [-0.05, 0) is 26.0 Å². The van der Waals surface area contributed by atoms with Crippen LogP contribution >= 0.6 is 0 Å². The maximum Gasteiger partial charge on any atom is 0.254 e. The van der Waals surface area contributed by atoms with E-state index in [2.05, 4.69) is 5.32 Å². The van der Waals surface area contributed by atoms with Gasteiger partial charge < -0.3 is 10.1 Å². The summed E-state index contributed by atoms with van der Waals surface area (Å²) in [4.78, 5) is 11.7. The molecule has 1 amide bonds. The summed E-state index contributed by atoms with van der Waals surface area (Å²) in [6.07, 6.45) is -0.891. The first kappa shape index (κ1) is 12.2. The summed E-state index contributed by atoms with van der Waals surface area (Å²) in [6.45, 7) is 4.05. The van der Waals surface area contributed by atoms with Crippen molar-refractivity contribution in [2.45, 2.75) is 20.1 Å². The second-order valence-corrected chi connectivity index (χ2v) is 3.31. The molecule has 16 heavy (non-hydrogen) atoms. The van der Waals surface area contributed by atoms with Crippen LogP contribution in [0.2, 0.25) is 0 Å². The smallest absolute Gasteiger partial charge is 0.254 e. The molecule has 0 aliphatic rings. The van der Waals surface area contributed by atoms with Gasteiger partial charge in [0.2, 0.25) is 6.23 Å². The average molecular weight is 218 g/mol. The van der Waals surface area contributed by atoms with E-state index in [-0.39, 0.29) is 5.91 Å². The number of aryl methyl sites for hydroxylation is 1. The zero-order chi connectivity index (χ0) is 12.0. The predicted octanol–water partition coefficient (Wildman–Crippen LogP) is 1.61. The number of ether oxygens (including phenoxy) is 1. The normalized spacial score (nSPS) is 11.6. The molecule has 4 heteroatoms. The predicted molar refractivity (Wildman–Crippen MR) is 59.7 cm³/mol. The molecule has 0 saturated heterocycles. The summed E-state index contributed by atoms with van der Waals surface area (Å²) < 4.78 is 5.02. The lowest BCUT2D eigenvalue weighted by Gasteiger charge is -2.11. The highest BCUT2D eigenvalue weighted by atomic mass is 16.5. The van der Waals surface area contributed by atoms with E-state index in [4.69, 9.17) is 10.00 Å². The molecule has 0 aliphatic heterocycles. The fourth-order valence-electron chi connectivity index (χ4n) is 1.27. The van der Waals surface area contributed by atoms with E-state index in [0.717, 1.165) is 5.56 Å². The van der Waals surface area contributed by atoms with E-state index in [1.165, 1.54) is 0 Å². The molecule has 1 aromatic rings. The Hall–Kier alpha value is -1.86. The van der Waals surface area contributed by atoms with Gasteiger partial charge in [-0.2, -0.15) is 5.26 Å². The molecule has 1 unspecified atom stereocenters. The van der Waals surface area contributed by atoms with Crippen LogP contribution in [0, 0.1) is 18.3 Å². The van der Waals surface area contributed by atoms with Gasteiger partial charge in [0.05, 0.1) is 0 Å². The van der Waals surface area contributed by atoms with Gasteiger partial charge in [-0.25, -0.2) is 0 Å². The summed E-state index contributed by atoms with van der Waals surface area (Å²) in [5.74, 6) is -0.302. The van der Waals surface area contributed by atoms with Crippen LogP contribution in [0.1, 0.15) is 22.8 Å². The van der Waals surface area contributed by atoms with Crippen LogP contribution in [0.4, 0.5) is 0 Å². The monoisotopic (exact) mass is 218 g/mol. The Balaban J connectivity index is 2.69. The Morgan fingerprint density at radius 3 is 2.94 bits per heavy atom. The number of hydrogen-bond acceptors (Lipinski definition) is 3. The minimum atomic E-state index is -0.891. The molecule has 0 radical (unpaired) electrons. The number of benzene rings is 1. The maximum absolute atomic E-state index is 11.7. The molecule has 0 bridgehead atoms. The van der Waals surface area contributed by atoms with Crippen LogP contribution in [-0.2, 0) is 4.74 Å². The van der Waals surface area contributed by atoms with Crippen LogP contribution < -0.4 is 5.32 Å². The Labute approximate surface area is 94.8 Å². The molecule has 1 aromatic carbocycles. The van der Waals surface area contributed by atoms with E-state index in [1.54, 1.807) is 25.1 Å². The van der Waals surface area contributed by atoms with Crippen molar-refractivity contribution in [1.29, 1.82) is 5.26 Å². The van der Waals surface area contributed by atoms with Crippen molar-refractivity contribution in [2.75, 3.05) is 6.61 Å². The molecule has 84 valence electrons. The Bertz CT molecular complexity index is 410. The van der Waals surface area contributed by atoms with Crippen LogP contribution in [0.3, 0.4) is 0 Å². The van der Waals surface area contributed by atoms with Gasteiger partial charge in [0.1, 0.15) is 6.07 Å². The van der Waals surface area contributed by atoms with Gasteiger partial charge >= 0.3 is 0 Å². The molecular formula is C12H14N2O2. The SMILES string of the molecule is CCOC(C#N)NC(=O)c1cccc(C)c1. The van der Waals surface area contributed by atoms with Gasteiger partial charge in [0.25, 0.3) is 5.91 Å². The largest absolute Gasteiger partial charge is 0.346 e. The van der Waals surface area contributed by atoms with Crippen LogP contribution in [0.25, 0.3) is 0 Å². The average Bonchev–Trinajstić information content (AvgIpc) is 2.28. The van der Waals surface area contributed by atoms with Crippen molar-refractivity contribution >= 4 is 5.91 Å². The minimum Gasteiger partial charge on any atom is -0.346 e. The van der Waals surface area contributed by atoms with E-state index >= 15 is 0 Å². The fourth-order valence-corrected chi connectivity index (χ4v) is 1.27. The maximum atomic E-state index is 11.7. The second kappa shape index (κ2) is 5.89. The summed E-state index contributed by atoms with van der Waals surface area (Å²) >= 11 is 0. The quantitative estimate of drug-likeness (QED) is 0.781. The lowest BCUT2D eigenvalue weighted by Crippen LogP contribution is -2.35. The first-order valence-electron chi connectivity index (χ1n) is 5.06. The molecule has 1 N–H and O–H groups in total. The van der Waals surface area contributed by atoms with Gasteiger partial charge in [0, 0.05) is 12.2 Å². The standard InChI is InChI=1S/C12H14N2O2/c1-3-16-11(8-13)14-12(15)10-6-4-5-9(2)7-10/h4-7,11H,3H2,1-2H3,(H,14,15). The van der Waals surface area contributed by atoms with Crippen molar-refractivity contribution in [3.8, 4) is 6.07 Å². The highest BCUT2D eigenvalue weighted by molar-refractivity contribution is 5.94. The molecule has 1 rings (SSSR count). The van der Waals surface area contributed by atoms with Crippen molar-refractivity contribution in [3.05, 3.63) is 35.4 Å². The van der Waals surface area contributed by atoms with Gasteiger partial charge in [-0.1, -0.05) is 17.7 Å². The van der Waals surface area contributed by atoms with Crippen molar-refractivity contribution in [2.24, 2.45) is 0 Å². The van der Waals surface area contributed by atoms with Gasteiger partial charge in [0.15, 0.2) is 0 Å². The number of carbonyl (C=O) groups is 1. The molecule has 1 atom stereocenters. The number of nitriles is 1. The van der Waals surface area contributed by atoms with Gasteiger partial charge in [-0.15, -0.1) is 0 Å². The first-order valence-corrected chi connectivity index (χ1v) is 5.06. The third-order valence-electron chi connectivity index (χ3n) is 1.99. The van der Waals surface area contributed by atoms with Crippen molar-refractivity contribution < 1.29 is 9.53 Å². The molecule has 4 nitrogen and oxygen atoms in total. The Kier molecular flexibility index (Phi) is 4.49. The number of nitrogens with zero attached hydrogens (tertiary/aromatic N) is 1. The fraction of sp³-hybridized carbons (Fsp3) is 0.333. The topological polar surface area (TPSA) is 62.1 Å². The molecule has 0 fully saturated rings. The van der Waals surface area contributed by atoms with Crippen LogP contribution in [0.15, 0.2) is 24.3 Å². The third kappa shape index (κ3) is 3.37. The number of carbonyl (C=O) groups excluding carboxylic acids is 1. The first-order chi connectivity index (χ1) is 7.67. The summed E-state index contributed by atoms with van der Waals surface area (Å²) in [6, 6.07) is 9.02.